The highest BCUT2D eigenvalue weighted by molar-refractivity contribution is 7.90. The number of nitrogens with one attached hydrogen (secondary N) is 1. The molecule has 0 saturated heterocycles. The van der Waals surface area contributed by atoms with E-state index in [0.717, 1.165) is 22.0 Å². The minimum Gasteiger partial charge on any atom is -0.298 e. The molecule has 0 fully saturated rings. The molecule has 118 valence electrons. The van der Waals surface area contributed by atoms with Crippen LogP contribution >= 0.6 is 11.3 Å². The Kier molecular flexibility index (Phi) is 3.91. The maximum atomic E-state index is 12.4. The lowest BCUT2D eigenvalue weighted by molar-refractivity contribution is 0.102. The molecule has 2 aromatic carbocycles. The summed E-state index contributed by atoms with van der Waals surface area (Å²) >= 11 is 1.36. The van der Waals surface area contributed by atoms with Gasteiger partial charge in [-0.25, -0.2) is 13.4 Å². The topological polar surface area (TPSA) is 76.1 Å². The van der Waals surface area contributed by atoms with E-state index in [2.05, 4.69) is 10.3 Å². The summed E-state index contributed by atoms with van der Waals surface area (Å²) in [4.78, 5) is 16.8. The van der Waals surface area contributed by atoms with Gasteiger partial charge in [-0.3, -0.25) is 10.1 Å². The molecule has 1 amide bonds. The van der Waals surface area contributed by atoms with Gasteiger partial charge in [0.05, 0.1) is 20.7 Å². The van der Waals surface area contributed by atoms with E-state index < -0.39 is 15.7 Å². The van der Waals surface area contributed by atoms with Crippen LogP contribution in [-0.4, -0.2) is 25.6 Å². The molecule has 0 aliphatic carbocycles. The average Bonchev–Trinajstić information content (AvgIpc) is 2.87. The lowest BCUT2D eigenvalue weighted by Gasteiger charge is -2.06. The van der Waals surface area contributed by atoms with Crippen LogP contribution in [0.2, 0.25) is 0 Å². The van der Waals surface area contributed by atoms with Crippen LogP contribution in [0.25, 0.3) is 10.2 Å². The van der Waals surface area contributed by atoms with Gasteiger partial charge in [0.25, 0.3) is 5.91 Å². The Balaban J connectivity index is 1.95. The van der Waals surface area contributed by atoms with E-state index in [0.29, 0.717) is 5.13 Å². The number of nitrogens with zero attached hydrogens (tertiary/aromatic N) is 1. The minimum atomic E-state index is -3.48. The molecule has 0 atom stereocenters. The highest BCUT2D eigenvalue weighted by Gasteiger charge is 2.19. The van der Waals surface area contributed by atoms with Crippen molar-refractivity contribution in [2.45, 2.75) is 11.8 Å². The summed E-state index contributed by atoms with van der Waals surface area (Å²) in [5.41, 5.74) is 2.03. The molecule has 0 unspecified atom stereocenters. The Morgan fingerprint density at radius 2 is 1.91 bits per heavy atom. The zero-order valence-corrected chi connectivity index (χ0v) is 14.2. The number of fused-ring (bicyclic) bond motifs is 1. The molecule has 1 N–H and O–H groups in total. The van der Waals surface area contributed by atoms with Crippen LogP contribution in [0.3, 0.4) is 0 Å². The van der Waals surface area contributed by atoms with Gasteiger partial charge in [0.15, 0.2) is 15.0 Å². The van der Waals surface area contributed by atoms with E-state index in [9.17, 15) is 13.2 Å². The second kappa shape index (κ2) is 5.75. The van der Waals surface area contributed by atoms with Gasteiger partial charge in [0.1, 0.15) is 0 Å². The lowest BCUT2D eigenvalue weighted by atomic mass is 10.2. The summed E-state index contributed by atoms with van der Waals surface area (Å²) in [5, 5.41) is 3.13. The van der Waals surface area contributed by atoms with Crippen molar-refractivity contribution in [3.8, 4) is 0 Å². The summed E-state index contributed by atoms with van der Waals surface area (Å²) in [6.45, 7) is 1.99. The molecule has 1 aromatic heterocycles. The molecule has 3 rings (SSSR count). The van der Waals surface area contributed by atoms with Crippen LogP contribution in [-0.2, 0) is 9.84 Å². The molecular formula is C16H14N2O3S2. The van der Waals surface area contributed by atoms with Gasteiger partial charge in [-0.15, -0.1) is 0 Å². The van der Waals surface area contributed by atoms with Gasteiger partial charge >= 0.3 is 0 Å². The number of hydrogen-bond donors (Lipinski definition) is 1. The molecule has 7 heteroatoms. The fourth-order valence-corrected chi connectivity index (χ4v) is 4.07. The summed E-state index contributed by atoms with van der Waals surface area (Å²) < 4.78 is 24.6. The number of carbonyl (C=O) groups excluding carboxylic acids is 1. The predicted octanol–water partition coefficient (Wildman–Crippen LogP) is 3.26. The van der Waals surface area contributed by atoms with E-state index in [1.807, 2.05) is 25.1 Å². The predicted molar refractivity (Wildman–Crippen MR) is 91.9 cm³/mol. The third-order valence-electron chi connectivity index (χ3n) is 3.30. The van der Waals surface area contributed by atoms with Gasteiger partial charge in [0, 0.05) is 6.26 Å². The third-order valence-corrected chi connectivity index (χ3v) is 5.38. The van der Waals surface area contributed by atoms with Crippen LogP contribution in [0.15, 0.2) is 47.4 Å². The Bertz CT molecular complexity index is 1010. The van der Waals surface area contributed by atoms with Crippen molar-refractivity contribution in [3.63, 3.8) is 0 Å². The second-order valence-electron chi connectivity index (χ2n) is 5.21. The van der Waals surface area contributed by atoms with E-state index >= 15 is 0 Å². The number of amides is 1. The summed E-state index contributed by atoms with van der Waals surface area (Å²) in [5.74, 6) is -0.484. The standard InChI is InChI=1S/C16H14N2O3S2/c1-10-7-8-12-13(9-10)22-16(17-12)18-15(19)11-5-3-4-6-14(11)23(2,20)21/h3-9H,1-2H3,(H,17,18,19). The number of thiazole rings is 1. The van der Waals surface area contributed by atoms with Gasteiger partial charge in [-0.05, 0) is 36.8 Å². The number of anilines is 1. The number of rotatable bonds is 3. The van der Waals surface area contributed by atoms with Crippen LogP contribution in [0.4, 0.5) is 5.13 Å². The minimum absolute atomic E-state index is 0.00876. The third kappa shape index (κ3) is 3.25. The molecule has 0 spiro atoms. The van der Waals surface area contributed by atoms with E-state index in [-0.39, 0.29) is 10.5 Å². The van der Waals surface area contributed by atoms with Crippen molar-refractivity contribution in [2.75, 3.05) is 11.6 Å². The van der Waals surface area contributed by atoms with Crippen LogP contribution in [0, 0.1) is 6.92 Å². The molecule has 0 aliphatic heterocycles. The normalized spacial score (nSPS) is 11.6. The number of carbonyl (C=O) groups is 1. The maximum absolute atomic E-state index is 12.4. The number of sulfone groups is 1. The maximum Gasteiger partial charge on any atom is 0.258 e. The highest BCUT2D eigenvalue weighted by atomic mass is 32.2. The van der Waals surface area contributed by atoms with Gasteiger partial charge in [-0.2, -0.15) is 0 Å². The van der Waals surface area contributed by atoms with E-state index in [4.69, 9.17) is 0 Å². The highest BCUT2D eigenvalue weighted by Crippen LogP contribution is 2.27. The van der Waals surface area contributed by atoms with Crippen molar-refractivity contribution >= 4 is 42.4 Å². The first kappa shape index (κ1) is 15.6. The molecular weight excluding hydrogens is 332 g/mol. The van der Waals surface area contributed by atoms with Gasteiger partial charge < -0.3 is 0 Å². The molecule has 0 aliphatic rings. The fraction of sp³-hybridized carbons (Fsp3) is 0.125. The van der Waals surface area contributed by atoms with Crippen LogP contribution < -0.4 is 5.32 Å². The molecule has 0 bridgehead atoms. The monoisotopic (exact) mass is 346 g/mol. The summed E-state index contributed by atoms with van der Waals surface area (Å²) in [6, 6.07) is 12.0. The van der Waals surface area contributed by atoms with Crippen molar-refractivity contribution in [1.29, 1.82) is 0 Å². The summed E-state index contributed by atoms with van der Waals surface area (Å²) in [6.07, 6.45) is 1.08. The van der Waals surface area contributed by atoms with Crippen LogP contribution in [0.5, 0.6) is 0 Å². The first-order valence-electron chi connectivity index (χ1n) is 6.82. The molecule has 0 saturated carbocycles. The molecule has 5 nitrogen and oxygen atoms in total. The zero-order valence-electron chi connectivity index (χ0n) is 12.5. The van der Waals surface area contributed by atoms with E-state index in [1.54, 1.807) is 12.1 Å². The SMILES string of the molecule is Cc1ccc2nc(NC(=O)c3ccccc3S(C)(=O)=O)sc2c1. The second-order valence-corrected chi connectivity index (χ2v) is 8.23. The lowest BCUT2D eigenvalue weighted by Crippen LogP contribution is -2.15. The Labute approximate surface area is 137 Å². The number of hydrogen-bond acceptors (Lipinski definition) is 5. The zero-order chi connectivity index (χ0) is 16.6. The Hall–Kier alpha value is -2.25. The molecule has 0 radical (unpaired) electrons. The smallest absolute Gasteiger partial charge is 0.258 e. The molecule has 3 aromatic rings. The fourth-order valence-electron chi connectivity index (χ4n) is 2.23. The Morgan fingerprint density at radius 3 is 2.65 bits per heavy atom. The first-order valence-corrected chi connectivity index (χ1v) is 9.53. The van der Waals surface area contributed by atoms with Crippen molar-refractivity contribution in [2.24, 2.45) is 0 Å². The van der Waals surface area contributed by atoms with Gasteiger partial charge in [0.2, 0.25) is 0 Å². The van der Waals surface area contributed by atoms with Crippen molar-refractivity contribution in [1.82, 2.24) is 4.98 Å². The number of aromatic nitrogens is 1. The largest absolute Gasteiger partial charge is 0.298 e. The molecule has 23 heavy (non-hydrogen) atoms. The van der Waals surface area contributed by atoms with Crippen molar-refractivity contribution < 1.29 is 13.2 Å². The van der Waals surface area contributed by atoms with Crippen LogP contribution in [0.1, 0.15) is 15.9 Å². The Morgan fingerprint density at radius 1 is 1.17 bits per heavy atom. The quantitative estimate of drug-likeness (QED) is 0.790. The summed E-state index contributed by atoms with van der Waals surface area (Å²) in [7, 11) is -3.48. The number of aryl methyl sites for hydroxylation is 1. The van der Waals surface area contributed by atoms with Gasteiger partial charge in [-0.1, -0.05) is 29.5 Å². The van der Waals surface area contributed by atoms with Crippen molar-refractivity contribution in [3.05, 3.63) is 53.6 Å². The van der Waals surface area contributed by atoms with E-state index in [1.165, 1.54) is 23.5 Å². The average molecular weight is 346 g/mol. The first-order chi connectivity index (χ1) is 10.8. The molecule has 1 heterocycles. The number of benzene rings is 2.